The summed E-state index contributed by atoms with van der Waals surface area (Å²) in [6, 6.07) is 96.2. The van der Waals surface area contributed by atoms with Crippen molar-refractivity contribution >= 4 is 68.2 Å². The van der Waals surface area contributed by atoms with E-state index in [1.807, 2.05) is 0 Å². The second kappa shape index (κ2) is 36.2. The van der Waals surface area contributed by atoms with E-state index in [1.54, 1.807) is 0 Å². The SMILES string of the molecule is CC(C)(C)c1cc(N(c2cc(C(C)(C)C)cc(C(C)(C)C)c2)c2cc(N(c3cc(C(C)(C)C)cc(C(C)(C)C)c3)c3cc(C(C)(C)C)cc(C(C)(C)C)c3)cc(C3(c4cc(N(c5cc(C(C)(C)C)cc(C(C)(C)C)c5)c5cc(C(C)(C)C)cc(C(C)(C)C)c5)cc(N(c5cc(C(C)(C)C)cc(C(C)(C)C)c5)c5cc(C(C)(C)C)cc(C(C)(C)C)c5)c4)c4ccccc4-c4ccccc43)c2)cc(C(C)(C)C)c1. The van der Waals surface area contributed by atoms with E-state index in [9.17, 15) is 0 Å². The zero-order valence-corrected chi connectivity index (χ0v) is 97.2. The Morgan fingerprint density at radius 3 is 0.348 bits per heavy atom. The zero-order valence-electron chi connectivity index (χ0n) is 97.2. The molecule has 0 fully saturated rings. The average molecular weight is 1880 g/mol. The number of hydrogen-bond acceptors (Lipinski definition) is 4. The number of rotatable bonds is 14. The van der Waals surface area contributed by atoms with E-state index in [0.717, 1.165) is 79.4 Å². The fourth-order valence-electron chi connectivity index (χ4n) is 19.8. The smallest absolute Gasteiger partial charge is 0.0716 e. The minimum absolute atomic E-state index is 0.248. The summed E-state index contributed by atoms with van der Waals surface area (Å²) in [5.41, 5.74) is 35.5. The fraction of sp³-hybridized carbons (Fsp3) is 0.474. The highest BCUT2D eigenvalue weighted by atomic mass is 15.2. The van der Waals surface area contributed by atoms with Crippen LogP contribution in [0.15, 0.2) is 231 Å². The van der Waals surface area contributed by atoms with E-state index in [2.05, 4.69) is 582 Å². The summed E-state index contributed by atoms with van der Waals surface area (Å²) in [4.78, 5) is 10.9. The number of fused-ring (bicyclic) bond motifs is 3. The van der Waals surface area contributed by atoms with Crippen LogP contribution >= 0.6 is 0 Å². The van der Waals surface area contributed by atoms with Gasteiger partial charge in [-0.25, -0.2) is 0 Å². The summed E-state index contributed by atoms with van der Waals surface area (Å²) >= 11 is 0. The van der Waals surface area contributed by atoms with E-state index < -0.39 is 5.41 Å². The molecule has 1 aliphatic carbocycles. The van der Waals surface area contributed by atoms with E-state index in [4.69, 9.17) is 0 Å². The quantitative estimate of drug-likeness (QED) is 0.108. The average Bonchev–Trinajstić information content (AvgIpc) is 1.54. The second-order valence-corrected chi connectivity index (χ2v) is 58.8. The Morgan fingerprint density at radius 2 is 0.234 bits per heavy atom. The fourth-order valence-corrected chi connectivity index (χ4v) is 19.8. The van der Waals surface area contributed by atoms with Crippen molar-refractivity contribution in [3.63, 3.8) is 0 Å². The molecular formula is C137H182N4. The van der Waals surface area contributed by atoms with Crippen LogP contribution in [0.3, 0.4) is 0 Å². The largest absolute Gasteiger partial charge is 0.310 e. The van der Waals surface area contributed by atoms with Crippen molar-refractivity contribution in [1.29, 1.82) is 0 Å². The molecule has 0 aromatic heterocycles. The van der Waals surface area contributed by atoms with Gasteiger partial charge in [0.25, 0.3) is 0 Å². The first-order valence-electron chi connectivity index (χ1n) is 52.9. The Labute approximate surface area is 859 Å². The van der Waals surface area contributed by atoms with Crippen LogP contribution in [0, 0.1) is 0 Å². The normalized spacial score (nSPS) is 14.2. The van der Waals surface area contributed by atoms with Crippen molar-refractivity contribution in [1.82, 2.24) is 0 Å². The Kier molecular flexibility index (Phi) is 27.8. The molecule has 1 aliphatic rings. The van der Waals surface area contributed by atoms with Gasteiger partial charge in [-0.2, -0.15) is 0 Å². The minimum atomic E-state index is -1.17. The van der Waals surface area contributed by atoms with Crippen molar-refractivity contribution in [2.24, 2.45) is 0 Å². The number of anilines is 12. The van der Waals surface area contributed by atoms with E-state index >= 15 is 0 Å². The van der Waals surface area contributed by atoms with Crippen LogP contribution in [0.25, 0.3) is 11.1 Å². The van der Waals surface area contributed by atoms with Gasteiger partial charge in [0.1, 0.15) is 0 Å². The van der Waals surface area contributed by atoms with Gasteiger partial charge in [-0.1, -0.05) is 429 Å². The van der Waals surface area contributed by atoms with Crippen LogP contribution in [0.1, 0.15) is 444 Å². The monoisotopic (exact) mass is 1880 g/mol. The van der Waals surface area contributed by atoms with Crippen molar-refractivity contribution < 1.29 is 0 Å². The summed E-state index contributed by atoms with van der Waals surface area (Å²) in [5.74, 6) is 0. The summed E-state index contributed by atoms with van der Waals surface area (Å²) in [6.07, 6.45) is 0. The highest BCUT2D eigenvalue weighted by Crippen LogP contribution is 2.62. The van der Waals surface area contributed by atoms with Gasteiger partial charge in [0, 0.05) is 68.2 Å². The van der Waals surface area contributed by atoms with Crippen LogP contribution in [0.2, 0.25) is 0 Å². The van der Waals surface area contributed by atoms with Gasteiger partial charge >= 0.3 is 0 Å². The van der Waals surface area contributed by atoms with Crippen LogP contribution in [-0.2, 0) is 92.1 Å². The van der Waals surface area contributed by atoms with E-state index in [1.165, 1.54) is 111 Å². The lowest BCUT2D eigenvalue weighted by molar-refractivity contribution is 0.567. The predicted octanol–water partition coefficient (Wildman–Crippen LogP) is 40.7. The van der Waals surface area contributed by atoms with E-state index in [-0.39, 0.29) is 86.6 Å². The maximum atomic E-state index is 2.72. The Balaban J connectivity index is 1.42. The minimum Gasteiger partial charge on any atom is -0.310 e. The molecule has 12 aromatic rings. The molecule has 0 spiro atoms. The molecule has 4 heteroatoms. The Bertz CT molecular complexity index is 5370. The molecule has 0 atom stereocenters. The summed E-state index contributed by atoms with van der Waals surface area (Å²) < 4.78 is 0. The molecule has 0 heterocycles. The Hall–Kier alpha value is -10.2. The lowest BCUT2D eigenvalue weighted by Gasteiger charge is -2.40. The molecule has 0 radical (unpaired) electrons. The number of hydrogen-bond donors (Lipinski definition) is 0. The topological polar surface area (TPSA) is 13.0 Å². The molecule has 0 unspecified atom stereocenters. The first-order valence-corrected chi connectivity index (χ1v) is 52.9. The Morgan fingerprint density at radius 1 is 0.128 bits per heavy atom. The third-order valence-corrected chi connectivity index (χ3v) is 29.9. The van der Waals surface area contributed by atoms with Gasteiger partial charge in [-0.15, -0.1) is 0 Å². The summed E-state index contributed by atoms with van der Waals surface area (Å²) in [6.45, 7) is 115. The molecule has 12 aromatic carbocycles. The van der Waals surface area contributed by atoms with Gasteiger partial charge in [-0.05, 0) is 342 Å². The molecule has 0 bridgehead atoms. The van der Waals surface area contributed by atoms with Gasteiger partial charge < -0.3 is 19.6 Å². The van der Waals surface area contributed by atoms with Crippen LogP contribution in [0.5, 0.6) is 0 Å². The first-order chi connectivity index (χ1) is 63.9. The third-order valence-electron chi connectivity index (χ3n) is 29.9. The van der Waals surface area contributed by atoms with Crippen molar-refractivity contribution in [3.05, 3.63) is 342 Å². The first kappa shape index (κ1) is 108. The molecule has 141 heavy (non-hydrogen) atoms. The number of nitrogens with zero attached hydrogens (tertiary/aromatic N) is 4. The molecule has 13 rings (SSSR count). The van der Waals surface area contributed by atoms with Crippen molar-refractivity contribution in [2.45, 2.75) is 424 Å². The molecule has 0 saturated heterocycles. The maximum absolute atomic E-state index is 2.72. The van der Waals surface area contributed by atoms with Gasteiger partial charge in [-0.3, -0.25) is 0 Å². The lowest BCUT2D eigenvalue weighted by atomic mass is 9.67. The highest BCUT2D eigenvalue weighted by molar-refractivity contribution is 5.94. The second-order valence-electron chi connectivity index (χ2n) is 58.8. The van der Waals surface area contributed by atoms with Gasteiger partial charge in [0.05, 0.1) is 5.41 Å². The van der Waals surface area contributed by atoms with Gasteiger partial charge in [0.15, 0.2) is 0 Å². The van der Waals surface area contributed by atoms with Crippen molar-refractivity contribution in [2.75, 3.05) is 19.6 Å². The molecule has 0 N–H and O–H groups in total. The summed E-state index contributed by atoms with van der Waals surface area (Å²) in [5, 5.41) is 0. The number of benzene rings is 12. The van der Waals surface area contributed by atoms with Crippen molar-refractivity contribution in [3.8, 4) is 11.1 Å². The molecule has 750 valence electrons. The molecule has 0 amide bonds. The maximum Gasteiger partial charge on any atom is 0.0716 e. The predicted molar refractivity (Wildman–Crippen MR) is 622 cm³/mol. The van der Waals surface area contributed by atoms with E-state index in [0.29, 0.717) is 0 Å². The molecular weight excluding hydrogens is 1700 g/mol. The van der Waals surface area contributed by atoms with Crippen LogP contribution in [-0.4, -0.2) is 0 Å². The highest BCUT2D eigenvalue weighted by Gasteiger charge is 2.49. The molecule has 4 nitrogen and oxygen atoms in total. The standard InChI is InChI=1S/C137H182N4/c1-121(2,3)87-57-88(122(4,5)6)66-105(65-87)138(106-67-89(123(7,8)9)58-90(68-106)124(10,11)12)113-81-103(82-114(85-113)139(107-69-91(125(13,14)15)59-92(70-107)126(16,17)18)108-71-93(127(19,20)21)60-94(72-108)128(22,23)24)137(119-55-51-49-53-117(119)118-54-50-52-56-120(118)137)104-83-115(140(109-73-95(129(25,26)27)61-96(74-109)130(28,29)30)110-75-97(131(31,32)33)62-98(76-110)132(34,35)36)86-116(84-104)141(111-77-99(133(37,38)39)63-100(78-111)134(40,41)42)112-79-101(135(43,44)45)64-102(80-112)136(46,47)48/h49-86H,1-48H3. The van der Waals surface area contributed by atoms with Crippen LogP contribution in [0.4, 0.5) is 68.2 Å². The third kappa shape index (κ3) is 23.0. The van der Waals surface area contributed by atoms with Crippen LogP contribution < -0.4 is 19.6 Å². The molecule has 0 aliphatic heterocycles. The zero-order chi connectivity index (χ0) is 105. The molecule has 0 saturated carbocycles. The summed E-state index contributed by atoms with van der Waals surface area (Å²) in [7, 11) is 0. The van der Waals surface area contributed by atoms with Gasteiger partial charge in [0.2, 0.25) is 0 Å². The lowest BCUT2D eigenvalue weighted by Crippen LogP contribution is -2.30.